The smallest absolute Gasteiger partial charge is 0.109 e. The first-order valence-electron chi connectivity index (χ1n) is 5.43. The maximum absolute atomic E-state index is 10.6. The van der Waals surface area contributed by atoms with E-state index < -0.39 is 5.60 Å². The van der Waals surface area contributed by atoms with Crippen LogP contribution in [0, 0.1) is 0 Å². The molecule has 2 aliphatic carbocycles. The third-order valence-electron chi connectivity index (χ3n) is 3.50. The molecule has 1 nitrogen and oxygen atoms in total. The molecule has 3 rings (SSSR count). The molecule has 76 valence electrons. The lowest BCUT2D eigenvalue weighted by atomic mass is 9.88. The van der Waals surface area contributed by atoms with Gasteiger partial charge in [0.2, 0.25) is 0 Å². The van der Waals surface area contributed by atoms with Gasteiger partial charge in [-0.2, -0.15) is 0 Å². The van der Waals surface area contributed by atoms with Gasteiger partial charge in [0.15, 0.2) is 0 Å². The summed E-state index contributed by atoms with van der Waals surface area (Å²) in [7, 11) is 0. The second-order valence-corrected chi connectivity index (χ2v) is 4.45. The van der Waals surface area contributed by atoms with Crippen molar-refractivity contribution in [1.29, 1.82) is 0 Å². The van der Waals surface area contributed by atoms with Gasteiger partial charge in [-0.25, -0.2) is 0 Å². The highest BCUT2D eigenvalue weighted by atomic mass is 16.3. The monoisotopic (exact) mass is 198 g/mol. The molecule has 0 amide bonds. The van der Waals surface area contributed by atoms with E-state index in [4.69, 9.17) is 0 Å². The van der Waals surface area contributed by atoms with Gasteiger partial charge in [-0.05, 0) is 42.0 Å². The summed E-state index contributed by atoms with van der Waals surface area (Å²) in [6.07, 6.45) is 6.37. The Kier molecular flexibility index (Phi) is 1.68. The lowest BCUT2D eigenvalue weighted by molar-refractivity contribution is 0.0977. The van der Waals surface area contributed by atoms with Crippen molar-refractivity contribution in [2.45, 2.75) is 25.4 Å². The van der Waals surface area contributed by atoms with E-state index in [0.29, 0.717) is 0 Å². The van der Waals surface area contributed by atoms with Crippen LogP contribution in [-0.2, 0) is 5.60 Å². The minimum absolute atomic E-state index is 0.753. The molecule has 0 heterocycles. The minimum atomic E-state index is -0.753. The van der Waals surface area contributed by atoms with E-state index in [-0.39, 0.29) is 0 Å². The van der Waals surface area contributed by atoms with Gasteiger partial charge in [-0.3, -0.25) is 0 Å². The van der Waals surface area contributed by atoms with E-state index in [0.717, 1.165) is 18.4 Å². The van der Waals surface area contributed by atoms with Crippen LogP contribution < -0.4 is 0 Å². The summed E-state index contributed by atoms with van der Waals surface area (Å²) in [6.45, 7) is 1.91. The predicted molar refractivity (Wildman–Crippen MR) is 61.3 cm³/mol. The molecule has 1 atom stereocenters. The fourth-order valence-electron chi connectivity index (χ4n) is 2.73. The Labute approximate surface area is 89.8 Å². The number of benzene rings is 1. The first kappa shape index (κ1) is 8.93. The first-order valence-corrected chi connectivity index (χ1v) is 5.43. The Balaban J connectivity index is 2.30. The quantitative estimate of drug-likeness (QED) is 0.679. The molecule has 2 aliphatic rings. The van der Waals surface area contributed by atoms with Crippen molar-refractivity contribution < 1.29 is 5.11 Å². The first-order chi connectivity index (χ1) is 7.21. The van der Waals surface area contributed by atoms with E-state index in [9.17, 15) is 5.11 Å². The summed E-state index contributed by atoms with van der Waals surface area (Å²) >= 11 is 0. The Bertz CT molecular complexity index is 478. The third-order valence-corrected chi connectivity index (χ3v) is 3.50. The van der Waals surface area contributed by atoms with E-state index in [1.807, 2.05) is 25.1 Å². The van der Waals surface area contributed by atoms with Gasteiger partial charge in [0.1, 0.15) is 5.60 Å². The van der Waals surface area contributed by atoms with Gasteiger partial charge in [0.25, 0.3) is 0 Å². The van der Waals surface area contributed by atoms with Gasteiger partial charge in [-0.15, -0.1) is 0 Å². The number of hydrogen-bond acceptors (Lipinski definition) is 1. The molecule has 0 saturated heterocycles. The van der Waals surface area contributed by atoms with Crippen molar-refractivity contribution in [2.75, 3.05) is 0 Å². The van der Waals surface area contributed by atoms with Crippen LogP contribution in [0.15, 0.2) is 42.0 Å². The second kappa shape index (κ2) is 2.83. The predicted octanol–water partition coefficient (Wildman–Crippen LogP) is 3.01. The van der Waals surface area contributed by atoms with E-state index in [1.54, 1.807) is 0 Å². The second-order valence-electron chi connectivity index (χ2n) is 4.45. The van der Waals surface area contributed by atoms with Crippen molar-refractivity contribution in [3.8, 4) is 0 Å². The van der Waals surface area contributed by atoms with E-state index >= 15 is 0 Å². The van der Waals surface area contributed by atoms with E-state index in [1.165, 1.54) is 16.7 Å². The molecule has 0 fully saturated rings. The van der Waals surface area contributed by atoms with Crippen LogP contribution in [0.1, 0.15) is 30.9 Å². The Morgan fingerprint density at radius 3 is 2.93 bits per heavy atom. The molecule has 0 bridgehead atoms. The largest absolute Gasteiger partial charge is 0.381 e. The minimum Gasteiger partial charge on any atom is -0.381 e. The number of allylic oxidation sites excluding steroid dienone is 3. The van der Waals surface area contributed by atoms with Gasteiger partial charge < -0.3 is 5.11 Å². The highest BCUT2D eigenvalue weighted by Crippen LogP contribution is 2.48. The number of aliphatic hydroxyl groups is 1. The summed E-state index contributed by atoms with van der Waals surface area (Å²) in [4.78, 5) is 0. The summed E-state index contributed by atoms with van der Waals surface area (Å²) < 4.78 is 0. The zero-order chi connectivity index (χ0) is 10.5. The van der Waals surface area contributed by atoms with Crippen LogP contribution in [0.25, 0.3) is 5.57 Å². The zero-order valence-corrected chi connectivity index (χ0v) is 8.83. The zero-order valence-electron chi connectivity index (χ0n) is 8.83. The molecule has 1 unspecified atom stereocenters. The topological polar surface area (TPSA) is 20.2 Å². The Hall–Kier alpha value is -1.34. The van der Waals surface area contributed by atoms with Crippen molar-refractivity contribution in [3.05, 3.63) is 53.1 Å². The fraction of sp³-hybridized carbons (Fsp3) is 0.286. The lowest BCUT2D eigenvalue weighted by Gasteiger charge is -2.23. The SMILES string of the molecule is CC1(O)C2=C(C=CCC2)c2ccccc21. The van der Waals surface area contributed by atoms with Gasteiger partial charge in [0.05, 0.1) is 0 Å². The van der Waals surface area contributed by atoms with E-state index in [2.05, 4.69) is 18.2 Å². The van der Waals surface area contributed by atoms with Crippen LogP contribution in [-0.4, -0.2) is 5.11 Å². The van der Waals surface area contributed by atoms with Crippen LogP contribution >= 0.6 is 0 Å². The van der Waals surface area contributed by atoms with Gasteiger partial charge in [0, 0.05) is 0 Å². The molecular weight excluding hydrogens is 184 g/mol. The standard InChI is InChI=1S/C14H14O/c1-14(15)12-8-4-2-6-10(12)11-7-3-5-9-13(11)14/h2-4,6-8,15H,5,9H2,1H3. The normalized spacial score (nSPS) is 27.9. The molecule has 0 saturated carbocycles. The van der Waals surface area contributed by atoms with Crippen LogP contribution in [0.3, 0.4) is 0 Å². The molecular formula is C14H14O. The summed E-state index contributed by atoms with van der Waals surface area (Å²) in [5.74, 6) is 0. The van der Waals surface area contributed by atoms with Crippen LogP contribution in [0.5, 0.6) is 0 Å². The number of hydrogen-bond donors (Lipinski definition) is 1. The summed E-state index contributed by atoms with van der Waals surface area (Å²) in [5.41, 5.74) is 3.93. The highest BCUT2D eigenvalue weighted by Gasteiger charge is 2.38. The van der Waals surface area contributed by atoms with Crippen LogP contribution in [0.4, 0.5) is 0 Å². The molecule has 0 spiro atoms. The summed E-state index contributed by atoms with van der Waals surface area (Å²) in [6, 6.07) is 8.16. The molecule has 0 radical (unpaired) electrons. The fourth-order valence-corrected chi connectivity index (χ4v) is 2.73. The molecule has 0 aliphatic heterocycles. The third kappa shape index (κ3) is 1.07. The van der Waals surface area contributed by atoms with Crippen molar-refractivity contribution >= 4 is 5.57 Å². The molecule has 1 N–H and O–H groups in total. The average molecular weight is 198 g/mol. The number of rotatable bonds is 0. The molecule has 1 aromatic rings. The lowest BCUT2D eigenvalue weighted by Crippen LogP contribution is -2.21. The van der Waals surface area contributed by atoms with Gasteiger partial charge in [-0.1, -0.05) is 36.4 Å². The number of fused-ring (bicyclic) bond motifs is 2. The van der Waals surface area contributed by atoms with Gasteiger partial charge >= 0.3 is 0 Å². The van der Waals surface area contributed by atoms with Crippen molar-refractivity contribution in [3.63, 3.8) is 0 Å². The summed E-state index contributed by atoms with van der Waals surface area (Å²) in [5, 5.41) is 10.6. The maximum Gasteiger partial charge on any atom is 0.109 e. The van der Waals surface area contributed by atoms with Crippen LogP contribution in [0.2, 0.25) is 0 Å². The molecule has 15 heavy (non-hydrogen) atoms. The Morgan fingerprint density at radius 2 is 2.07 bits per heavy atom. The highest BCUT2D eigenvalue weighted by molar-refractivity contribution is 5.85. The van der Waals surface area contributed by atoms with Crippen molar-refractivity contribution in [2.24, 2.45) is 0 Å². The molecule has 1 heteroatoms. The average Bonchev–Trinajstić information content (AvgIpc) is 2.51. The molecule has 1 aromatic carbocycles. The molecule has 0 aromatic heterocycles. The maximum atomic E-state index is 10.6. The Morgan fingerprint density at radius 1 is 1.27 bits per heavy atom. The van der Waals surface area contributed by atoms with Crippen molar-refractivity contribution in [1.82, 2.24) is 0 Å².